The maximum atomic E-state index is 13.4. The van der Waals surface area contributed by atoms with Crippen molar-refractivity contribution >= 4 is 28.6 Å². The van der Waals surface area contributed by atoms with Crippen molar-refractivity contribution in [2.45, 2.75) is 36.3 Å². The largest absolute Gasteiger partial charge is 0.383 e. The molecule has 1 amide bonds. The molecule has 7 heteroatoms. The first-order valence-electron chi connectivity index (χ1n) is 11.6. The van der Waals surface area contributed by atoms with Gasteiger partial charge in [-0.3, -0.25) is 14.2 Å². The molecular formula is C28H29N3O3S. The Labute approximate surface area is 209 Å². The predicted octanol–water partition coefficient (Wildman–Crippen LogP) is 4.99. The Hall–Kier alpha value is -3.42. The molecule has 0 spiro atoms. The Bertz CT molecular complexity index is 1300. The normalized spacial score (nSPS) is 13.0. The van der Waals surface area contributed by atoms with Gasteiger partial charge in [0.2, 0.25) is 5.91 Å². The van der Waals surface area contributed by atoms with Crippen LogP contribution in [-0.2, 0) is 9.53 Å². The molecule has 1 N–H and O–H groups in total. The maximum absolute atomic E-state index is 13.4. The van der Waals surface area contributed by atoms with Gasteiger partial charge in [-0.25, -0.2) is 4.98 Å². The third kappa shape index (κ3) is 5.63. The lowest BCUT2D eigenvalue weighted by molar-refractivity contribution is -0.120. The molecule has 4 aromatic rings. The number of amides is 1. The molecule has 180 valence electrons. The van der Waals surface area contributed by atoms with E-state index in [2.05, 4.69) is 5.32 Å². The Morgan fingerprint density at radius 3 is 2.11 bits per heavy atom. The molecule has 6 nitrogen and oxygen atoms in total. The number of para-hydroxylation sites is 1. The summed E-state index contributed by atoms with van der Waals surface area (Å²) in [5.41, 5.74) is 2.47. The number of fused-ring (bicyclic) bond motifs is 1. The van der Waals surface area contributed by atoms with Crippen LogP contribution in [0.2, 0.25) is 0 Å². The van der Waals surface area contributed by atoms with Crippen LogP contribution in [0.15, 0.2) is 94.9 Å². The summed E-state index contributed by atoms with van der Waals surface area (Å²) in [7, 11) is 1.60. The third-order valence-corrected chi connectivity index (χ3v) is 6.89. The molecule has 0 bridgehead atoms. The van der Waals surface area contributed by atoms with Gasteiger partial charge in [0.25, 0.3) is 5.56 Å². The fourth-order valence-electron chi connectivity index (χ4n) is 4.03. The topological polar surface area (TPSA) is 73.2 Å². The zero-order valence-corrected chi connectivity index (χ0v) is 20.9. The predicted molar refractivity (Wildman–Crippen MR) is 141 cm³/mol. The summed E-state index contributed by atoms with van der Waals surface area (Å²) >= 11 is 1.28. The van der Waals surface area contributed by atoms with Gasteiger partial charge in [-0.1, -0.05) is 84.6 Å². The first kappa shape index (κ1) is 24.7. The van der Waals surface area contributed by atoms with Crippen LogP contribution in [0.3, 0.4) is 0 Å². The van der Waals surface area contributed by atoms with E-state index in [9.17, 15) is 9.59 Å². The van der Waals surface area contributed by atoms with Crippen LogP contribution >= 0.6 is 11.8 Å². The molecule has 0 aliphatic rings. The van der Waals surface area contributed by atoms with Gasteiger partial charge >= 0.3 is 0 Å². The number of aromatic nitrogens is 2. The van der Waals surface area contributed by atoms with E-state index in [0.29, 0.717) is 22.7 Å². The Morgan fingerprint density at radius 2 is 1.51 bits per heavy atom. The number of ether oxygens (including phenoxy) is 1. The number of rotatable bonds is 9. The van der Waals surface area contributed by atoms with E-state index in [1.165, 1.54) is 11.8 Å². The average Bonchev–Trinajstić information content (AvgIpc) is 2.88. The van der Waals surface area contributed by atoms with E-state index in [0.717, 1.165) is 11.1 Å². The lowest BCUT2D eigenvalue weighted by Crippen LogP contribution is -2.36. The minimum Gasteiger partial charge on any atom is -0.383 e. The van der Waals surface area contributed by atoms with Crippen molar-refractivity contribution in [2.24, 2.45) is 0 Å². The van der Waals surface area contributed by atoms with Crippen LogP contribution in [0.25, 0.3) is 10.9 Å². The van der Waals surface area contributed by atoms with Crippen LogP contribution in [0.5, 0.6) is 0 Å². The van der Waals surface area contributed by atoms with Crippen molar-refractivity contribution < 1.29 is 9.53 Å². The lowest BCUT2D eigenvalue weighted by atomic mass is 9.98. The van der Waals surface area contributed by atoms with Gasteiger partial charge in [-0.2, -0.15) is 0 Å². The molecule has 0 aliphatic carbocycles. The van der Waals surface area contributed by atoms with E-state index in [1.807, 2.05) is 92.7 Å². The number of carbonyl (C=O) groups excluding carboxylic acids is 1. The summed E-state index contributed by atoms with van der Waals surface area (Å²) in [5.74, 6) is -0.138. The number of nitrogens with one attached hydrogen (secondary N) is 1. The van der Waals surface area contributed by atoms with Crippen LogP contribution in [0.4, 0.5) is 0 Å². The van der Waals surface area contributed by atoms with Gasteiger partial charge in [0, 0.05) is 7.11 Å². The highest BCUT2D eigenvalue weighted by molar-refractivity contribution is 8.00. The minimum atomic E-state index is -0.487. The zero-order chi connectivity index (χ0) is 24.8. The lowest BCUT2D eigenvalue weighted by Gasteiger charge is -2.23. The van der Waals surface area contributed by atoms with Crippen molar-refractivity contribution in [3.05, 3.63) is 106 Å². The molecule has 35 heavy (non-hydrogen) atoms. The van der Waals surface area contributed by atoms with E-state index in [-0.39, 0.29) is 23.6 Å². The number of methoxy groups -OCH3 is 1. The zero-order valence-electron chi connectivity index (χ0n) is 20.0. The van der Waals surface area contributed by atoms with E-state index in [1.54, 1.807) is 17.7 Å². The van der Waals surface area contributed by atoms with Gasteiger partial charge in [0.1, 0.15) is 0 Å². The quantitative estimate of drug-likeness (QED) is 0.266. The Kier molecular flexibility index (Phi) is 8.00. The number of benzene rings is 3. The summed E-state index contributed by atoms with van der Waals surface area (Å²) in [6, 6.07) is 26.5. The van der Waals surface area contributed by atoms with Crippen LogP contribution in [0, 0.1) is 0 Å². The summed E-state index contributed by atoms with van der Waals surface area (Å²) < 4.78 is 6.94. The van der Waals surface area contributed by atoms with Crippen LogP contribution in [-0.4, -0.2) is 34.4 Å². The molecule has 1 heterocycles. The number of hydrogen-bond donors (Lipinski definition) is 1. The van der Waals surface area contributed by atoms with Crippen molar-refractivity contribution in [3.63, 3.8) is 0 Å². The first-order chi connectivity index (χ1) is 17.0. The monoisotopic (exact) mass is 487 g/mol. The fraction of sp³-hybridized carbons (Fsp3) is 0.250. The fourth-order valence-corrected chi connectivity index (χ4v) is 5.05. The summed E-state index contributed by atoms with van der Waals surface area (Å²) in [6.07, 6.45) is 0. The molecule has 0 aliphatic heterocycles. The maximum Gasteiger partial charge on any atom is 0.262 e. The van der Waals surface area contributed by atoms with Crippen molar-refractivity contribution in [3.8, 4) is 0 Å². The van der Waals surface area contributed by atoms with Gasteiger partial charge in [0.15, 0.2) is 5.16 Å². The number of hydrogen-bond acceptors (Lipinski definition) is 5. The molecule has 2 unspecified atom stereocenters. The molecular weight excluding hydrogens is 458 g/mol. The first-order valence-corrected chi connectivity index (χ1v) is 12.4. The third-order valence-electron chi connectivity index (χ3n) is 5.83. The average molecular weight is 488 g/mol. The van der Waals surface area contributed by atoms with Gasteiger partial charge in [-0.05, 0) is 37.1 Å². The molecule has 4 rings (SSSR count). The summed E-state index contributed by atoms with van der Waals surface area (Å²) in [6.45, 7) is 4.11. The molecule has 0 fully saturated rings. The SMILES string of the molecule is COCC(C)n1c(SC(C)C(=O)NC(c2ccccc2)c2ccccc2)nc2ccccc2c1=O. The second kappa shape index (κ2) is 11.3. The van der Waals surface area contributed by atoms with Crippen molar-refractivity contribution in [1.82, 2.24) is 14.9 Å². The van der Waals surface area contributed by atoms with Crippen molar-refractivity contribution in [1.29, 1.82) is 0 Å². The number of carbonyl (C=O) groups is 1. The van der Waals surface area contributed by atoms with E-state index in [4.69, 9.17) is 9.72 Å². The molecule has 3 aromatic carbocycles. The molecule has 0 saturated carbocycles. The highest BCUT2D eigenvalue weighted by atomic mass is 32.2. The number of nitrogens with zero attached hydrogens (tertiary/aromatic N) is 2. The van der Waals surface area contributed by atoms with Gasteiger partial charge < -0.3 is 10.1 Å². The van der Waals surface area contributed by atoms with Gasteiger partial charge in [0.05, 0.1) is 34.8 Å². The molecule has 0 saturated heterocycles. The van der Waals surface area contributed by atoms with Crippen molar-refractivity contribution in [2.75, 3.05) is 13.7 Å². The van der Waals surface area contributed by atoms with Crippen LogP contribution in [0.1, 0.15) is 37.1 Å². The summed E-state index contributed by atoms with van der Waals surface area (Å²) in [5, 5.41) is 3.75. The summed E-state index contributed by atoms with van der Waals surface area (Å²) in [4.78, 5) is 31.5. The van der Waals surface area contributed by atoms with E-state index < -0.39 is 5.25 Å². The van der Waals surface area contributed by atoms with E-state index >= 15 is 0 Å². The highest BCUT2D eigenvalue weighted by Crippen LogP contribution is 2.27. The van der Waals surface area contributed by atoms with Crippen LogP contribution < -0.4 is 10.9 Å². The minimum absolute atomic E-state index is 0.137. The Balaban J connectivity index is 1.64. The standard InChI is InChI=1S/C28H29N3O3S/c1-19(18-34-3)31-27(33)23-16-10-11-17-24(23)29-28(31)35-20(2)26(32)30-25(21-12-6-4-7-13-21)22-14-8-5-9-15-22/h4-17,19-20,25H,18H2,1-3H3,(H,30,32). The second-order valence-electron chi connectivity index (χ2n) is 8.41. The highest BCUT2D eigenvalue weighted by Gasteiger charge is 2.24. The van der Waals surface area contributed by atoms with Gasteiger partial charge in [-0.15, -0.1) is 0 Å². The molecule has 2 atom stereocenters. The second-order valence-corrected chi connectivity index (χ2v) is 9.72. The molecule has 1 aromatic heterocycles. The number of thioether (sulfide) groups is 1. The molecule has 0 radical (unpaired) electrons. The smallest absolute Gasteiger partial charge is 0.262 e. The Morgan fingerprint density at radius 1 is 0.943 bits per heavy atom.